The zero-order valence-corrected chi connectivity index (χ0v) is 11.4. The molecule has 2 rings (SSSR count). The molecule has 0 aliphatic rings. The van der Waals surface area contributed by atoms with E-state index in [-0.39, 0.29) is 23.6 Å². The summed E-state index contributed by atoms with van der Waals surface area (Å²) < 4.78 is 13.1. The van der Waals surface area contributed by atoms with E-state index in [1.165, 1.54) is 6.07 Å². The van der Waals surface area contributed by atoms with Crippen molar-refractivity contribution in [1.82, 2.24) is 0 Å². The highest BCUT2D eigenvalue weighted by Gasteiger charge is 2.13. The molecule has 0 aromatic heterocycles. The first-order valence-corrected chi connectivity index (χ1v) is 6.34. The topological polar surface area (TPSA) is 66.4 Å². The van der Waals surface area contributed by atoms with E-state index >= 15 is 0 Å². The number of carboxylic acids is 1. The lowest BCUT2D eigenvalue weighted by atomic mass is 10.1. The molecule has 0 saturated carbocycles. The third kappa shape index (κ3) is 3.89. The number of rotatable bonds is 4. The minimum absolute atomic E-state index is 0.0843. The maximum Gasteiger partial charge on any atom is 0.337 e. The summed E-state index contributed by atoms with van der Waals surface area (Å²) in [5.74, 6) is -2.31. The summed E-state index contributed by atoms with van der Waals surface area (Å²) in [6, 6.07) is 10.7. The predicted octanol–water partition coefficient (Wildman–Crippen LogP) is 3.01. The number of carbonyl (C=O) groups excluding carboxylic acids is 1. The van der Waals surface area contributed by atoms with Crippen LogP contribution in [0.15, 0.2) is 42.5 Å². The molecule has 0 bridgehead atoms. The fourth-order valence-corrected chi connectivity index (χ4v) is 1.89. The Labute approximate surface area is 121 Å². The molecule has 0 atom stereocenters. The van der Waals surface area contributed by atoms with Crippen molar-refractivity contribution in [2.75, 3.05) is 5.32 Å². The third-order valence-corrected chi connectivity index (χ3v) is 2.97. The van der Waals surface area contributed by atoms with Gasteiger partial charge in [-0.1, -0.05) is 29.8 Å². The van der Waals surface area contributed by atoms with Gasteiger partial charge in [0, 0.05) is 0 Å². The molecule has 0 unspecified atom stereocenters. The number of amides is 1. The van der Waals surface area contributed by atoms with Gasteiger partial charge in [0.25, 0.3) is 0 Å². The first-order valence-electron chi connectivity index (χ1n) is 6.34. The van der Waals surface area contributed by atoms with Crippen LogP contribution in [0.3, 0.4) is 0 Å². The van der Waals surface area contributed by atoms with Crippen LogP contribution in [0, 0.1) is 12.7 Å². The number of carboxylic acid groups (broad SMARTS) is 1. The summed E-state index contributed by atoms with van der Waals surface area (Å²) in [6.45, 7) is 1.95. The predicted molar refractivity (Wildman–Crippen MR) is 76.9 cm³/mol. The Hall–Kier alpha value is -2.69. The van der Waals surface area contributed by atoms with Crippen LogP contribution in [0.2, 0.25) is 0 Å². The van der Waals surface area contributed by atoms with Crippen molar-refractivity contribution in [1.29, 1.82) is 0 Å². The number of carbonyl (C=O) groups is 2. The summed E-state index contributed by atoms with van der Waals surface area (Å²) in [5.41, 5.74) is 1.72. The van der Waals surface area contributed by atoms with E-state index in [0.29, 0.717) is 0 Å². The summed E-state index contributed by atoms with van der Waals surface area (Å²) in [6.07, 6.45) is 0.122. The lowest BCUT2D eigenvalue weighted by molar-refractivity contribution is -0.115. The van der Waals surface area contributed by atoms with Crippen LogP contribution in [-0.4, -0.2) is 17.0 Å². The van der Waals surface area contributed by atoms with Crippen LogP contribution in [0.4, 0.5) is 10.1 Å². The normalized spacial score (nSPS) is 10.2. The molecule has 0 aliphatic heterocycles. The van der Waals surface area contributed by atoms with Crippen molar-refractivity contribution >= 4 is 17.6 Å². The van der Waals surface area contributed by atoms with Crippen molar-refractivity contribution < 1.29 is 19.1 Å². The van der Waals surface area contributed by atoms with E-state index in [4.69, 9.17) is 5.11 Å². The highest BCUT2D eigenvalue weighted by Crippen LogP contribution is 2.17. The first-order chi connectivity index (χ1) is 9.95. The van der Waals surface area contributed by atoms with Gasteiger partial charge in [0.05, 0.1) is 17.7 Å². The Bertz CT molecular complexity index is 680. The minimum atomic E-state index is -1.29. The lowest BCUT2D eigenvalue weighted by Crippen LogP contribution is -2.17. The molecule has 0 saturated heterocycles. The summed E-state index contributed by atoms with van der Waals surface area (Å²) in [7, 11) is 0. The van der Waals surface area contributed by atoms with Gasteiger partial charge in [0.15, 0.2) is 0 Å². The smallest absolute Gasteiger partial charge is 0.337 e. The van der Waals surface area contributed by atoms with E-state index in [2.05, 4.69) is 5.32 Å². The lowest BCUT2D eigenvalue weighted by Gasteiger charge is -2.09. The molecule has 0 aliphatic carbocycles. The van der Waals surface area contributed by atoms with E-state index in [0.717, 1.165) is 23.3 Å². The van der Waals surface area contributed by atoms with Crippen molar-refractivity contribution in [2.45, 2.75) is 13.3 Å². The zero-order chi connectivity index (χ0) is 15.4. The molecular weight excluding hydrogens is 273 g/mol. The minimum Gasteiger partial charge on any atom is -0.478 e. The van der Waals surface area contributed by atoms with E-state index in [9.17, 15) is 14.0 Å². The fourth-order valence-electron chi connectivity index (χ4n) is 1.89. The first kappa shape index (κ1) is 14.7. The second-order valence-electron chi connectivity index (χ2n) is 4.71. The Kier molecular flexibility index (Phi) is 4.33. The van der Waals surface area contributed by atoms with Gasteiger partial charge in [-0.2, -0.15) is 0 Å². The molecule has 21 heavy (non-hydrogen) atoms. The fraction of sp³-hybridized carbons (Fsp3) is 0.125. The molecule has 0 radical (unpaired) electrons. The zero-order valence-electron chi connectivity index (χ0n) is 11.4. The van der Waals surface area contributed by atoms with Crippen LogP contribution in [0.25, 0.3) is 0 Å². The van der Waals surface area contributed by atoms with Gasteiger partial charge in [-0.25, -0.2) is 9.18 Å². The highest BCUT2D eigenvalue weighted by atomic mass is 19.1. The molecular formula is C16H14FNO3. The third-order valence-electron chi connectivity index (χ3n) is 2.97. The standard InChI is InChI=1S/C16H14FNO3/c1-10-2-4-11(5-3-10)8-15(19)18-14-7-6-12(17)9-13(14)16(20)21/h2-7,9H,8H2,1H3,(H,18,19)(H,20,21). The second-order valence-corrected chi connectivity index (χ2v) is 4.71. The number of hydrogen-bond donors (Lipinski definition) is 2. The highest BCUT2D eigenvalue weighted by molar-refractivity contribution is 6.01. The molecule has 2 aromatic rings. The molecule has 1 amide bonds. The van der Waals surface area contributed by atoms with Gasteiger partial charge in [-0.05, 0) is 30.7 Å². The molecule has 0 heterocycles. The number of hydrogen-bond acceptors (Lipinski definition) is 2. The van der Waals surface area contributed by atoms with Crippen LogP contribution < -0.4 is 5.32 Å². The van der Waals surface area contributed by atoms with Gasteiger partial charge in [-0.15, -0.1) is 0 Å². The maximum absolute atomic E-state index is 13.1. The average Bonchev–Trinajstić information content (AvgIpc) is 2.43. The molecule has 5 heteroatoms. The molecule has 4 nitrogen and oxygen atoms in total. The van der Waals surface area contributed by atoms with Crippen LogP contribution in [-0.2, 0) is 11.2 Å². The number of aromatic carboxylic acids is 1. The summed E-state index contributed by atoms with van der Waals surface area (Å²) in [4.78, 5) is 23.0. The van der Waals surface area contributed by atoms with E-state index < -0.39 is 11.8 Å². The van der Waals surface area contributed by atoms with Crippen molar-refractivity contribution in [2.24, 2.45) is 0 Å². The van der Waals surface area contributed by atoms with Gasteiger partial charge < -0.3 is 10.4 Å². The maximum atomic E-state index is 13.1. The molecule has 0 fully saturated rings. The second kappa shape index (κ2) is 6.17. The van der Waals surface area contributed by atoms with Gasteiger partial charge in [-0.3, -0.25) is 4.79 Å². The number of halogens is 1. The van der Waals surface area contributed by atoms with Crippen molar-refractivity contribution in [3.63, 3.8) is 0 Å². The molecule has 2 aromatic carbocycles. The Morgan fingerprint density at radius 3 is 2.43 bits per heavy atom. The summed E-state index contributed by atoms with van der Waals surface area (Å²) in [5, 5.41) is 11.5. The van der Waals surface area contributed by atoms with E-state index in [1.807, 2.05) is 31.2 Å². The average molecular weight is 287 g/mol. The SMILES string of the molecule is Cc1ccc(CC(=O)Nc2ccc(F)cc2C(=O)O)cc1. The van der Waals surface area contributed by atoms with Gasteiger partial charge >= 0.3 is 5.97 Å². The quantitative estimate of drug-likeness (QED) is 0.908. The van der Waals surface area contributed by atoms with Crippen molar-refractivity contribution in [3.8, 4) is 0 Å². The Balaban J connectivity index is 2.12. The Morgan fingerprint density at radius 1 is 1.14 bits per heavy atom. The monoisotopic (exact) mass is 287 g/mol. The van der Waals surface area contributed by atoms with Crippen LogP contribution in [0.1, 0.15) is 21.5 Å². The summed E-state index contributed by atoms with van der Waals surface area (Å²) >= 11 is 0. The molecule has 108 valence electrons. The number of aryl methyl sites for hydroxylation is 1. The van der Waals surface area contributed by atoms with Crippen LogP contribution in [0.5, 0.6) is 0 Å². The Morgan fingerprint density at radius 2 is 1.81 bits per heavy atom. The van der Waals surface area contributed by atoms with Crippen molar-refractivity contribution in [3.05, 3.63) is 65.0 Å². The number of benzene rings is 2. The van der Waals surface area contributed by atoms with Gasteiger partial charge in [0.2, 0.25) is 5.91 Å². The number of anilines is 1. The number of nitrogens with one attached hydrogen (secondary N) is 1. The molecule has 2 N–H and O–H groups in total. The largest absolute Gasteiger partial charge is 0.478 e. The van der Waals surface area contributed by atoms with Gasteiger partial charge in [0.1, 0.15) is 5.82 Å². The van der Waals surface area contributed by atoms with E-state index in [1.54, 1.807) is 0 Å². The molecule has 0 spiro atoms. The van der Waals surface area contributed by atoms with Crippen LogP contribution >= 0.6 is 0 Å².